The van der Waals surface area contributed by atoms with Gasteiger partial charge in [-0.2, -0.15) is 11.8 Å². The number of benzene rings is 1. The van der Waals surface area contributed by atoms with E-state index in [0.717, 1.165) is 18.4 Å². The zero-order chi connectivity index (χ0) is 14.3. The smallest absolute Gasteiger partial charge is 0.224 e. The summed E-state index contributed by atoms with van der Waals surface area (Å²) in [7, 11) is 0. The second-order valence-electron chi connectivity index (χ2n) is 4.75. The monoisotopic (exact) mass is 280 g/mol. The summed E-state index contributed by atoms with van der Waals surface area (Å²) in [5, 5.41) is 3.04. The van der Waals surface area contributed by atoms with E-state index in [1.165, 1.54) is 0 Å². The zero-order valence-corrected chi connectivity index (χ0v) is 12.8. The van der Waals surface area contributed by atoms with Gasteiger partial charge in [0, 0.05) is 17.0 Å². The van der Waals surface area contributed by atoms with Crippen molar-refractivity contribution in [3.05, 3.63) is 29.8 Å². The molecule has 0 saturated heterocycles. The number of amides is 1. The van der Waals surface area contributed by atoms with Crippen molar-refractivity contribution >= 4 is 23.4 Å². The fourth-order valence-electron chi connectivity index (χ4n) is 2.05. The summed E-state index contributed by atoms with van der Waals surface area (Å²) in [5.74, 6) is 0.0400. The topological polar surface area (TPSA) is 55.1 Å². The van der Waals surface area contributed by atoms with Gasteiger partial charge < -0.3 is 11.1 Å². The van der Waals surface area contributed by atoms with Gasteiger partial charge in [-0.1, -0.05) is 32.0 Å². The Balaban J connectivity index is 2.55. The third kappa shape index (κ3) is 4.46. The van der Waals surface area contributed by atoms with Crippen LogP contribution in [0.3, 0.4) is 0 Å². The number of hydrogen-bond acceptors (Lipinski definition) is 3. The molecule has 1 rings (SSSR count). The number of nitrogens with one attached hydrogen (secondary N) is 1. The molecule has 0 atom stereocenters. The Morgan fingerprint density at radius 1 is 1.32 bits per heavy atom. The molecule has 0 bridgehead atoms. The highest BCUT2D eigenvalue weighted by molar-refractivity contribution is 8.00. The minimum Gasteiger partial charge on any atom is -0.398 e. The highest BCUT2D eigenvalue weighted by Gasteiger charge is 2.25. The van der Waals surface area contributed by atoms with E-state index in [1.807, 2.05) is 36.0 Å². The van der Waals surface area contributed by atoms with Crippen LogP contribution in [0.5, 0.6) is 0 Å². The molecule has 0 saturated carbocycles. The minimum absolute atomic E-state index is 0.0400. The van der Waals surface area contributed by atoms with Crippen LogP contribution in [0.15, 0.2) is 24.3 Å². The summed E-state index contributed by atoms with van der Waals surface area (Å²) in [6, 6.07) is 7.51. The van der Waals surface area contributed by atoms with Crippen molar-refractivity contribution in [2.75, 3.05) is 18.5 Å². The van der Waals surface area contributed by atoms with Crippen LogP contribution in [0.1, 0.15) is 32.3 Å². The third-order valence-corrected chi connectivity index (χ3v) is 5.32. The van der Waals surface area contributed by atoms with Crippen LogP contribution < -0.4 is 11.1 Å². The predicted molar refractivity (Wildman–Crippen MR) is 84.4 cm³/mol. The maximum Gasteiger partial charge on any atom is 0.224 e. The largest absolute Gasteiger partial charge is 0.398 e. The first kappa shape index (κ1) is 15.9. The van der Waals surface area contributed by atoms with E-state index >= 15 is 0 Å². The number of para-hydroxylation sites is 1. The van der Waals surface area contributed by atoms with Crippen LogP contribution in [-0.4, -0.2) is 23.5 Å². The average Bonchev–Trinajstić information content (AvgIpc) is 2.44. The molecule has 0 aromatic heterocycles. The number of rotatable bonds is 7. The molecular formula is C15H24N2OS. The Kier molecular flexibility index (Phi) is 6.22. The molecule has 0 aliphatic rings. The van der Waals surface area contributed by atoms with Crippen molar-refractivity contribution in [3.8, 4) is 0 Å². The molecule has 106 valence electrons. The molecule has 0 unspecified atom stereocenters. The molecule has 0 radical (unpaired) electrons. The van der Waals surface area contributed by atoms with E-state index in [1.54, 1.807) is 0 Å². The molecule has 0 heterocycles. The van der Waals surface area contributed by atoms with E-state index in [-0.39, 0.29) is 10.7 Å². The van der Waals surface area contributed by atoms with Gasteiger partial charge in [-0.25, -0.2) is 0 Å². The molecule has 3 N–H and O–H groups in total. The third-order valence-electron chi connectivity index (χ3n) is 3.74. The van der Waals surface area contributed by atoms with Gasteiger partial charge in [-0.3, -0.25) is 4.79 Å². The number of nitrogens with two attached hydrogens (primary N) is 1. The lowest BCUT2D eigenvalue weighted by molar-refractivity contribution is -0.120. The molecule has 4 heteroatoms. The second kappa shape index (κ2) is 7.43. The van der Waals surface area contributed by atoms with Crippen LogP contribution in [0.2, 0.25) is 0 Å². The highest BCUT2D eigenvalue weighted by atomic mass is 32.2. The maximum absolute atomic E-state index is 12.0. The number of thioether (sulfide) groups is 1. The van der Waals surface area contributed by atoms with E-state index in [0.29, 0.717) is 18.7 Å². The number of carbonyl (C=O) groups is 1. The first-order chi connectivity index (χ1) is 9.06. The van der Waals surface area contributed by atoms with Gasteiger partial charge in [-0.05, 0) is 30.7 Å². The van der Waals surface area contributed by atoms with Crippen LogP contribution >= 0.6 is 11.8 Å². The van der Waals surface area contributed by atoms with Gasteiger partial charge in [0.1, 0.15) is 0 Å². The molecular weight excluding hydrogens is 256 g/mol. The molecule has 1 amide bonds. The Bertz CT molecular complexity index is 408. The summed E-state index contributed by atoms with van der Waals surface area (Å²) < 4.78 is 0.151. The molecule has 1 aromatic rings. The van der Waals surface area contributed by atoms with Crippen molar-refractivity contribution in [1.29, 1.82) is 0 Å². The van der Waals surface area contributed by atoms with Gasteiger partial charge >= 0.3 is 0 Å². The number of hydrogen-bond donors (Lipinski definition) is 2. The van der Waals surface area contributed by atoms with Gasteiger partial charge in [0.2, 0.25) is 5.91 Å². The van der Waals surface area contributed by atoms with Gasteiger partial charge in [-0.15, -0.1) is 0 Å². The Labute approximate surface area is 120 Å². The fourth-order valence-corrected chi connectivity index (χ4v) is 2.85. The van der Waals surface area contributed by atoms with Crippen molar-refractivity contribution in [1.82, 2.24) is 5.32 Å². The van der Waals surface area contributed by atoms with E-state index in [9.17, 15) is 4.79 Å². The number of anilines is 1. The first-order valence-corrected chi connectivity index (χ1v) is 7.94. The Morgan fingerprint density at radius 3 is 2.47 bits per heavy atom. The van der Waals surface area contributed by atoms with Crippen LogP contribution in [0.25, 0.3) is 0 Å². The quantitative estimate of drug-likeness (QED) is 0.755. The lowest BCUT2D eigenvalue weighted by Crippen LogP contribution is -2.40. The van der Waals surface area contributed by atoms with Crippen LogP contribution in [-0.2, 0) is 11.2 Å². The Hall–Kier alpha value is -1.16. The highest BCUT2D eigenvalue weighted by Crippen LogP contribution is 2.29. The van der Waals surface area contributed by atoms with Crippen LogP contribution in [0, 0.1) is 0 Å². The summed E-state index contributed by atoms with van der Waals surface area (Å²) in [6.45, 7) is 5.05. The minimum atomic E-state index is 0.0400. The molecule has 0 spiro atoms. The molecule has 0 aliphatic heterocycles. The lowest BCUT2D eigenvalue weighted by Gasteiger charge is -2.29. The Morgan fingerprint density at radius 2 is 1.95 bits per heavy atom. The number of carbonyl (C=O) groups excluding carboxylic acids is 1. The van der Waals surface area contributed by atoms with E-state index < -0.39 is 0 Å². The second-order valence-corrected chi connectivity index (χ2v) is 6.02. The lowest BCUT2D eigenvalue weighted by atomic mass is 10.0. The fraction of sp³-hybridized carbons (Fsp3) is 0.533. The van der Waals surface area contributed by atoms with Crippen molar-refractivity contribution < 1.29 is 4.79 Å². The van der Waals surface area contributed by atoms with Gasteiger partial charge in [0.05, 0.1) is 6.42 Å². The normalized spacial score (nSPS) is 11.3. The SMILES string of the molecule is CCC(CC)(CNC(=O)Cc1ccccc1N)SC. The maximum atomic E-state index is 12.0. The van der Waals surface area contributed by atoms with Crippen molar-refractivity contribution in [3.63, 3.8) is 0 Å². The molecule has 19 heavy (non-hydrogen) atoms. The number of nitrogen functional groups attached to an aromatic ring is 1. The van der Waals surface area contributed by atoms with Crippen molar-refractivity contribution in [2.45, 2.75) is 37.9 Å². The molecule has 3 nitrogen and oxygen atoms in total. The van der Waals surface area contributed by atoms with Crippen LogP contribution in [0.4, 0.5) is 5.69 Å². The van der Waals surface area contributed by atoms with Gasteiger partial charge in [0.25, 0.3) is 0 Å². The summed E-state index contributed by atoms with van der Waals surface area (Å²) in [5.41, 5.74) is 7.42. The summed E-state index contributed by atoms with van der Waals surface area (Å²) >= 11 is 1.83. The predicted octanol–water partition coefficient (Wildman–Crippen LogP) is 2.85. The molecule has 0 aliphatic carbocycles. The summed E-state index contributed by atoms with van der Waals surface area (Å²) in [4.78, 5) is 12.0. The molecule has 1 aromatic carbocycles. The van der Waals surface area contributed by atoms with E-state index in [2.05, 4.69) is 25.4 Å². The first-order valence-electron chi connectivity index (χ1n) is 6.72. The standard InChI is InChI=1S/C15H24N2OS/c1-4-15(5-2,19-3)11-17-14(18)10-12-8-6-7-9-13(12)16/h6-9H,4-5,10-11,16H2,1-3H3,(H,17,18). The van der Waals surface area contributed by atoms with E-state index in [4.69, 9.17) is 5.73 Å². The van der Waals surface area contributed by atoms with Crippen molar-refractivity contribution in [2.24, 2.45) is 0 Å². The van der Waals surface area contributed by atoms with Gasteiger partial charge in [0.15, 0.2) is 0 Å². The summed E-state index contributed by atoms with van der Waals surface area (Å²) in [6.07, 6.45) is 4.57. The zero-order valence-electron chi connectivity index (χ0n) is 12.0. The molecule has 0 fully saturated rings. The average molecular weight is 280 g/mol.